The van der Waals surface area contributed by atoms with E-state index >= 15 is 4.39 Å². The molecule has 2 rings (SSSR count). The van der Waals surface area contributed by atoms with Gasteiger partial charge in [0, 0.05) is 0 Å². The lowest BCUT2D eigenvalue weighted by atomic mass is 9.90. The number of rotatable bonds is 9. The third-order valence-electron chi connectivity index (χ3n) is 4.09. The van der Waals surface area contributed by atoms with Crippen molar-refractivity contribution in [2.45, 2.75) is 43.6 Å². The number of phosphoric acid groups is 2. The van der Waals surface area contributed by atoms with Gasteiger partial charge in [0.2, 0.25) is 5.67 Å². The molecule has 190 valence electrons. The van der Waals surface area contributed by atoms with Crippen molar-refractivity contribution in [3.8, 4) is 0 Å². The molecule has 0 spiro atoms. The van der Waals surface area contributed by atoms with Crippen molar-refractivity contribution in [1.82, 2.24) is 14.8 Å². The van der Waals surface area contributed by atoms with Crippen LogP contribution in [0, 0.1) is 0 Å². The summed E-state index contributed by atoms with van der Waals surface area (Å²) in [6, 6.07) is 0. The van der Waals surface area contributed by atoms with Gasteiger partial charge in [0.25, 0.3) is 7.23 Å². The Morgan fingerprint density at radius 1 is 1.30 bits per heavy atom. The van der Waals surface area contributed by atoms with Crippen LogP contribution in [0.2, 0.25) is 0 Å². The molecule has 6 atom stereocenters. The normalized spacial score (nSPS) is 30.0. The van der Waals surface area contributed by atoms with E-state index in [9.17, 15) is 33.2 Å². The van der Waals surface area contributed by atoms with Crippen molar-refractivity contribution in [2.75, 3.05) is 12.4 Å². The summed E-state index contributed by atoms with van der Waals surface area (Å²) in [5, 5.41) is 13.9. The molecule has 0 aromatic carbocycles. The number of alkyl halides is 2. The third-order valence-corrected chi connectivity index (χ3v) is 8.91. The van der Waals surface area contributed by atoms with Crippen LogP contribution in [0.5, 0.6) is 0 Å². The van der Waals surface area contributed by atoms with E-state index in [0.717, 1.165) is 20.0 Å². The molecule has 0 radical (unpaired) electrons. The summed E-state index contributed by atoms with van der Waals surface area (Å²) in [6.45, 7) is -0.0662. The molecular formula is C11H20F2N4O12P4. The van der Waals surface area contributed by atoms with Gasteiger partial charge in [0.1, 0.15) is 30.3 Å². The lowest BCUT2D eigenvalue weighted by molar-refractivity contribution is -0.123. The molecule has 22 heteroatoms. The van der Waals surface area contributed by atoms with E-state index in [2.05, 4.69) is 27.2 Å². The maximum atomic E-state index is 15.3. The molecule has 1 saturated heterocycles. The Kier molecular flexibility index (Phi) is 8.13. The number of halogens is 2. The number of aliphatic hydroxyl groups is 1. The van der Waals surface area contributed by atoms with Gasteiger partial charge in [-0.3, -0.25) is 4.52 Å². The molecule has 16 nitrogen and oxygen atoms in total. The summed E-state index contributed by atoms with van der Waals surface area (Å²) in [6.07, 6.45) is -5.87. The van der Waals surface area contributed by atoms with Crippen molar-refractivity contribution in [3.63, 3.8) is 0 Å². The van der Waals surface area contributed by atoms with Crippen LogP contribution >= 0.6 is 31.4 Å². The number of anilines is 1. The van der Waals surface area contributed by atoms with Crippen LogP contribution in [-0.2, 0) is 27.0 Å². The lowest BCUT2D eigenvalue weighted by Gasteiger charge is -2.34. The first-order valence-corrected chi connectivity index (χ1v) is 14.4. The van der Waals surface area contributed by atoms with Gasteiger partial charge in [0.15, 0.2) is 6.23 Å². The summed E-state index contributed by atoms with van der Waals surface area (Å²) in [7, 11) is -13.7. The molecule has 1 fully saturated rings. The zero-order chi connectivity index (χ0) is 25.6. The van der Waals surface area contributed by atoms with Crippen LogP contribution < -0.4 is 11.4 Å². The number of aliphatic hydroxyl groups excluding tert-OH is 1. The Morgan fingerprint density at radius 3 is 2.36 bits per heavy atom. The minimum Gasteiger partial charge on any atom is -0.387 e. The summed E-state index contributed by atoms with van der Waals surface area (Å²) in [4.78, 5) is 52.5. The van der Waals surface area contributed by atoms with Crippen molar-refractivity contribution >= 4 is 37.2 Å². The zero-order valence-corrected chi connectivity index (χ0v) is 20.3. The highest BCUT2D eigenvalue weighted by Gasteiger charge is 2.64. The summed E-state index contributed by atoms with van der Waals surface area (Å²) in [5.41, 5.74) is -1.60. The highest BCUT2D eigenvalue weighted by molar-refractivity contribution is 7.91. The Bertz CT molecular complexity index is 1100. The first-order chi connectivity index (χ1) is 14.7. The van der Waals surface area contributed by atoms with Crippen LogP contribution in [0.25, 0.3) is 0 Å². The number of nitrogen functional groups attached to an aromatic ring is 1. The maximum Gasteiger partial charge on any atom is 0.488 e. The average Bonchev–Trinajstić information content (AvgIpc) is 2.83. The van der Waals surface area contributed by atoms with Gasteiger partial charge >= 0.3 is 21.3 Å². The summed E-state index contributed by atoms with van der Waals surface area (Å²) in [5.74, 6) is -0.352. The topological polar surface area (TPSA) is 246 Å². The fourth-order valence-corrected chi connectivity index (χ4v) is 7.19. The molecule has 3 unspecified atom stereocenters. The highest BCUT2D eigenvalue weighted by atomic mass is 31.8. The predicted octanol–water partition coefficient (Wildman–Crippen LogP) is -0.00920. The molecule has 1 aliphatic heterocycles. The van der Waals surface area contributed by atoms with Gasteiger partial charge in [-0.25, -0.2) is 27.0 Å². The second-order valence-corrected chi connectivity index (χ2v) is 13.4. The number of hydrogen-bond acceptors (Lipinski definition) is 11. The SMILES string of the molecule is CC(C)(OP(=O)(O)OP(=O)(O)OP(O)(O)=P)[C@H]1O[C@@H](n2ncc(N)nc2=O)C(F)(CF)[C@H]1O. The van der Waals surface area contributed by atoms with E-state index in [1.165, 1.54) is 0 Å². The Hall–Kier alpha value is -0.700. The molecular weight excluding hydrogens is 542 g/mol. The number of ether oxygens (including phenoxy) is 1. The first-order valence-electron chi connectivity index (χ1n) is 8.41. The van der Waals surface area contributed by atoms with Crippen molar-refractivity contribution in [3.05, 3.63) is 16.7 Å². The summed E-state index contributed by atoms with van der Waals surface area (Å²) < 4.78 is 70.8. The molecule has 1 aliphatic rings. The van der Waals surface area contributed by atoms with Crippen LogP contribution in [-0.4, -0.2) is 69.6 Å². The van der Waals surface area contributed by atoms with E-state index in [4.69, 9.17) is 24.8 Å². The molecule has 0 aliphatic carbocycles. The molecule has 0 amide bonds. The molecule has 33 heavy (non-hydrogen) atoms. The van der Waals surface area contributed by atoms with Crippen LogP contribution in [0.1, 0.15) is 20.1 Å². The van der Waals surface area contributed by atoms with E-state index in [-0.39, 0.29) is 10.5 Å². The van der Waals surface area contributed by atoms with Gasteiger partial charge in [-0.2, -0.15) is 19.1 Å². The number of phosphoric ester groups is 1. The van der Waals surface area contributed by atoms with Gasteiger partial charge in [-0.05, 0) is 22.4 Å². The Balaban J connectivity index is 2.34. The van der Waals surface area contributed by atoms with Gasteiger partial charge in [-0.15, -0.1) is 0 Å². The minimum atomic E-state index is -5.64. The number of nitrogens with two attached hydrogens (primary N) is 1. The molecule has 1 aromatic rings. The van der Waals surface area contributed by atoms with Crippen LogP contribution in [0.15, 0.2) is 11.0 Å². The summed E-state index contributed by atoms with van der Waals surface area (Å²) >= 11 is 0. The van der Waals surface area contributed by atoms with Crippen LogP contribution in [0.3, 0.4) is 0 Å². The monoisotopic (exact) mass is 562 g/mol. The van der Waals surface area contributed by atoms with Crippen molar-refractivity contribution in [2.24, 2.45) is 0 Å². The largest absolute Gasteiger partial charge is 0.488 e. The fraction of sp³-hybridized carbons (Fsp3) is 0.727. The Morgan fingerprint density at radius 2 is 1.88 bits per heavy atom. The highest BCUT2D eigenvalue weighted by Crippen LogP contribution is 2.68. The molecule has 0 bridgehead atoms. The second kappa shape index (κ2) is 9.40. The molecule has 1 aromatic heterocycles. The fourth-order valence-electron chi connectivity index (χ4n) is 2.85. The van der Waals surface area contributed by atoms with E-state index in [1.807, 2.05) is 0 Å². The quantitative estimate of drug-likeness (QED) is 0.217. The van der Waals surface area contributed by atoms with Crippen molar-refractivity contribution < 1.29 is 60.5 Å². The van der Waals surface area contributed by atoms with Crippen LogP contribution in [0.4, 0.5) is 14.6 Å². The number of nitrogens with zero attached hydrogens (tertiary/aromatic N) is 3. The Labute approximate surface area is 185 Å². The van der Waals surface area contributed by atoms with Gasteiger partial charge in [0.05, 0.1) is 6.20 Å². The maximum absolute atomic E-state index is 15.3. The van der Waals surface area contributed by atoms with Gasteiger partial charge < -0.3 is 35.2 Å². The minimum absolute atomic E-state index is 0.238. The standard InChI is InChI=1S/C11H20F2N4O12P4/c1-10(2,27-31(20,21)28-32(22,23)29-33(24,25)30)7-6(18)11(13,4-12)8(26-7)17-9(19)16-5(14)3-15-17/h3,6-8,18,24-25,30H,4H2,1-2H3,(H,20,21)(H,22,23)(H2,14,16,19)/t6-,7-,8+,11?/m0/s1. The predicted molar refractivity (Wildman–Crippen MR) is 107 cm³/mol. The zero-order valence-electron chi connectivity index (χ0n) is 16.6. The van der Waals surface area contributed by atoms with E-state index in [1.54, 1.807) is 0 Å². The van der Waals surface area contributed by atoms with Gasteiger partial charge in [-0.1, -0.05) is 0 Å². The smallest absolute Gasteiger partial charge is 0.387 e. The first kappa shape index (κ1) is 28.5. The van der Waals surface area contributed by atoms with Crippen molar-refractivity contribution in [1.29, 1.82) is 0 Å². The second-order valence-electron chi connectivity index (χ2n) is 7.16. The molecule has 2 heterocycles. The average molecular weight is 562 g/mol. The number of hydrogen-bond donors (Lipinski definition) is 6. The van der Waals surface area contributed by atoms with E-state index in [0.29, 0.717) is 0 Å². The lowest BCUT2D eigenvalue weighted by Crippen LogP contribution is -2.51. The number of aromatic nitrogens is 3. The molecule has 7 N–H and O–H groups in total. The van der Waals surface area contributed by atoms with E-state index < -0.39 is 64.9 Å². The third kappa shape index (κ3) is 6.71. The molecule has 0 saturated carbocycles.